The van der Waals surface area contributed by atoms with Gasteiger partial charge in [0.25, 0.3) is 0 Å². The van der Waals surface area contributed by atoms with Gasteiger partial charge in [0.15, 0.2) is 18.1 Å². The molecule has 0 radical (unpaired) electrons. The van der Waals surface area contributed by atoms with E-state index in [1.54, 1.807) is 32.2 Å². The average Bonchev–Trinajstić information content (AvgIpc) is 2.89. The Morgan fingerprint density at radius 1 is 1.39 bits per heavy atom. The third-order valence-electron chi connectivity index (χ3n) is 2.43. The predicted molar refractivity (Wildman–Crippen MR) is 62.3 cm³/mol. The Hall–Kier alpha value is -2.08. The maximum atomic E-state index is 9.49. The quantitative estimate of drug-likeness (QED) is 0.870. The van der Waals surface area contributed by atoms with Gasteiger partial charge in [-0.1, -0.05) is 11.2 Å². The summed E-state index contributed by atoms with van der Waals surface area (Å²) in [5, 5.41) is 13.1. The SMILES string of the molecule is COc1cc([C@@H](C)O)ccc1OCc1ncon1. The summed E-state index contributed by atoms with van der Waals surface area (Å²) in [6.07, 6.45) is 0.692. The minimum atomic E-state index is -0.551. The Morgan fingerprint density at radius 2 is 2.22 bits per heavy atom. The molecule has 2 aromatic rings. The van der Waals surface area contributed by atoms with Crippen molar-refractivity contribution in [2.24, 2.45) is 0 Å². The van der Waals surface area contributed by atoms with Crippen molar-refractivity contribution in [3.05, 3.63) is 36.0 Å². The number of aliphatic hydroxyl groups excluding tert-OH is 1. The number of hydrogen-bond acceptors (Lipinski definition) is 6. The Balaban J connectivity index is 2.12. The number of nitrogens with zero attached hydrogens (tertiary/aromatic N) is 2. The van der Waals surface area contributed by atoms with Crippen LogP contribution in [0.25, 0.3) is 0 Å². The van der Waals surface area contributed by atoms with Gasteiger partial charge < -0.3 is 19.1 Å². The number of hydrogen-bond donors (Lipinski definition) is 1. The van der Waals surface area contributed by atoms with Gasteiger partial charge in [-0.15, -0.1) is 0 Å². The second kappa shape index (κ2) is 5.50. The molecule has 1 atom stereocenters. The second-order valence-electron chi connectivity index (χ2n) is 3.72. The molecule has 0 amide bonds. The Bertz CT molecular complexity index is 497. The van der Waals surface area contributed by atoms with E-state index in [-0.39, 0.29) is 6.61 Å². The van der Waals surface area contributed by atoms with Gasteiger partial charge in [-0.05, 0) is 24.6 Å². The van der Waals surface area contributed by atoms with E-state index in [2.05, 4.69) is 14.7 Å². The first-order chi connectivity index (χ1) is 8.70. The van der Waals surface area contributed by atoms with Gasteiger partial charge in [-0.25, -0.2) is 0 Å². The van der Waals surface area contributed by atoms with Crippen molar-refractivity contribution >= 4 is 0 Å². The second-order valence-corrected chi connectivity index (χ2v) is 3.72. The van der Waals surface area contributed by atoms with Crippen LogP contribution in [-0.2, 0) is 6.61 Å². The normalized spacial score (nSPS) is 12.2. The lowest BCUT2D eigenvalue weighted by atomic mass is 10.1. The molecule has 1 aromatic carbocycles. The molecule has 0 saturated heterocycles. The zero-order valence-electron chi connectivity index (χ0n) is 10.2. The van der Waals surface area contributed by atoms with Crippen LogP contribution in [0.1, 0.15) is 24.4 Å². The Kier molecular flexibility index (Phi) is 3.78. The van der Waals surface area contributed by atoms with Crippen LogP contribution in [0.5, 0.6) is 11.5 Å². The number of aliphatic hydroxyl groups is 1. The molecule has 0 aliphatic rings. The van der Waals surface area contributed by atoms with Gasteiger partial charge in [0.05, 0.1) is 13.2 Å². The van der Waals surface area contributed by atoms with E-state index in [9.17, 15) is 5.11 Å². The summed E-state index contributed by atoms with van der Waals surface area (Å²) in [5.74, 6) is 1.57. The maximum Gasteiger partial charge on any atom is 0.213 e. The fourth-order valence-corrected chi connectivity index (χ4v) is 1.46. The number of methoxy groups -OCH3 is 1. The highest BCUT2D eigenvalue weighted by atomic mass is 16.5. The summed E-state index contributed by atoms with van der Waals surface area (Å²) in [6, 6.07) is 5.25. The van der Waals surface area contributed by atoms with Gasteiger partial charge >= 0.3 is 0 Å². The molecule has 0 fully saturated rings. The minimum absolute atomic E-state index is 0.195. The zero-order valence-corrected chi connectivity index (χ0v) is 10.2. The van der Waals surface area contributed by atoms with E-state index < -0.39 is 6.10 Å². The summed E-state index contributed by atoms with van der Waals surface area (Å²) in [6.45, 7) is 1.88. The van der Waals surface area contributed by atoms with Crippen molar-refractivity contribution in [1.29, 1.82) is 0 Å². The molecular weight excluding hydrogens is 236 g/mol. The molecular formula is C12H14N2O4. The van der Waals surface area contributed by atoms with Crippen LogP contribution in [0.2, 0.25) is 0 Å². The van der Waals surface area contributed by atoms with E-state index in [1.807, 2.05) is 0 Å². The maximum absolute atomic E-state index is 9.49. The van der Waals surface area contributed by atoms with Crippen LogP contribution < -0.4 is 9.47 Å². The van der Waals surface area contributed by atoms with Crippen LogP contribution in [0.15, 0.2) is 29.1 Å². The molecule has 0 bridgehead atoms. The van der Waals surface area contributed by atoms with Gasteiger partial charge in [0.1, 0.15) is 0 Å². The number of aromatic nitrogens is 2. The minimum Gasteiger partial charge on any atom is -0.493 e. The predicted octanol–water partition coefficient (Wildman–Crippen LogP) is 1.71. The van der Waals surface area contributed by atoms with Crippen molar-refractivity contribution in [2.75, 3.05) is 7.11 Å². The van der Waals surface area contributed by atoms with Crippen LogP contribution in [0, 0.1) is 0 Å². The van der Waals surface area contributed by atoms with E-state index in [0.29, 0.717) is 17.3 Å². The molecule has 1 N–H and O–H groups in total. The van der Waals surface area contributed by atoms with Crippen molar-refractivity contribution in [2.45, 2.75) is 19.6 Å². The molecule has 18 heavy (non-hydrogen) atoms. The molecule has 0 unspecified atom stereocenters. The molecule has 1 heterocycles. The molecule has 0 saturated carbocycles. The first-order valence-corrected chi connectivity index (χ1v) is 5.44. The highest BCUT2D eigenvalue weighted by Gasteiger charge is 2.09. The number of benzene rings is 1. The third-order valence-corrected chi connectivity index (χ3v) is 2.43. The van der Waals surface area contributed by atoms with Gasteiger partial charge in [-0.3, -0.25) is 0 Å². The van der Waals surface area contributed by atoms with Crippen molar-refractivity contribution < 1.29 is 19.1 Å². The molecule has 6 heteroatoms. The third kappa shape index (κ3) is 2.78. The van der Waals surface area contributed by atoms with E-state index in [4.69, 9.17) is 9.47 Å². The fourth-order valence-electron chi connectivity index (χ4n) is 1.46. The first-order valence-electron chi connectivity index (χ1n) is 5.44. The smallest absolute Gasteiger partial charge is 0.213 e. The number of rotatable bonds is 5. The number of ether oxygens (including phenoxy) is 2. The van der Waals surface area contributed by atoms with E-state index in [0.717, 1.165) is 5.56 Å². The summed E-state index contributed by atoms with van der Waals surface area (Å²) < 4.78 is 15.3. The molecule has 0 spiro atoms. The molecule has 2 rings (SSSR count). The van der Waals surface area contributed by atoms with Crippen molar-refractivity contribution in [3.8, 4) is 11.5 Å². The Morgan fingerprint density at radius 3 is 2.83 bits per heavy atom. The van der Waals surface area contributed by atoms with Crippen molar-refractivity contribution in [1.82, 2.24) is 10.1 Å². The lowest BCUT2D eigenvalue weighted by Gasteiger charge is -2.12. The van der Waals surface area contributed by atoms with Gasteiger partial charge in [0.2, 0.25) is 12.2 Å². The summed E-state index contributed by atoms with van der Waals surface area (Å²) in [5.41, 5.74) is 0.763. The van der Waals surface area contributed by atoms with Crippen LogP contribution >= 0.6 is 0 Å². The van der Waals surface area contributed by atoms with E-state index in [1.165, 1.54) is 6.39 Å². The molecule has 0 aliphatic carbocycles. The highest BCUT2D eigenvalue weighted by Crippen LogP contribution is 2.30. The molecule has 96 valence electrons. The topological polar surface area (TPSA) is 77.6 Å². The summed E-state index contributed by atoms with van der Waals surface area (Å²) >= 11 is 0. The monoisotopic (exact) mass is 250 g/mol. The van der Waals surface area contributed by atoms with Gasteiger partial charge in [0, 0.05) is 0 Å². The van der Waals surface area contributed by atoms with Crippen molar-refractivity contribution in [3.63, 3.8) is 0 Å². The van der Waals surface area contributed by atoms with E-state index >= 15 is 0 Å². The van der Waals surface area contributed by atoms with Crippen LogP contribution in [0.3, 0.4) is 0 Å². The standard InChI is InChI=1S/C12H14N2O4/c1-8(15)9-3-4-10(11(5-9)16-2)17-6-12-13-7-18-14-12/h3-5,7-8,15H,6H2,1-2H3/t8-/m1/s1. The summed E-state index contributed by atoms with van der Waals surface area (Å²) in [7, 11) is 1.54. The summed E-state index contributed by atoms with van der Waals surface area (Å²) in [4.78, 5) is 3.85. The lowest BCUT2D eigenvalue weighted by molar-refractivity contribution is 0.198. The largest absolute Gasteiger partial charge is 0.493 e. The first kappa shape index (κ1) is 12.4. The zero-order chi connectivity index (χ0) is 13.0. The van der Waals surface area contributed by atoms with Crippen LogP contribution in [0.4, 0.5) is 0 Å². The highest BCUT2D eigenvalue weighted by molar-refractivity contribution is 5.43. The molecule has 1 aromatic heterocycles. The van der Waals surface area contributed by atoms with Gasteiger partial charge in [-0.2, -0.15) is 4.98 Å². The fraction of sp³-hybridized carbons (Fsp3) is 0.333. The lowest BCUT2D eigenvalue weighted by Crippen LogP contribution is -2.00. The average molecular weight is 250 g/mol. The molecule has 6 nitrogen and oxygen atoms in total. The van der Waals surface area contributed by atoms with Crippen LogP contribution in [-0.4, -0.2) is 22.4 Å². The molecule has 0 aliphatic heterocycles. The Labute approximate surface area is 104 Å².